The number of rotatable bonds is 3. The van der Waals surface area contributed by atoms with Crippen LogP contribution in [0.5, 0.6) is 5.75 Å². The van der Waals surface area contributed by atoms with E-state index in [0.717, 1.165) is 11.1 Å². The maximum Gasteiger partial charge on any atom is 0.249 e. The molecule has 0 atom stereocenters. The molecule has 0 spiro atoms. The van der Waals surface area contributed by atoms with Crippen LogP contribution in [0.15, 0.2) is 51.7 Å². The molecule has 7 nitrogen and oxygen atoms in total. The first-order valence-corrected chi connectivity index (χ1v) is 6.42. The molecule has 0 saturated heterocycles. The SMILES string of the molecule is Cc1cc(N=Nc2ccc(C(=O)N=[N+]=[N-])cc2)cc(C)c1O. The Bertz CT molecular complexity index is 767. The van der Waals surface area contributed by atoms with Crippen LogP contribution in [0.2, 0.25) is 0 Å². The number of hydrogen-bond donors (Lipinski definition) is 1. The number of carbonyl (C=O) groups excluding carboxylic acids is 1. The summed E-state index contributed by atoms with van der Waals surface area (Å²) < 4.78 is 0. The summed E-state index contributed by atoms with van der Waals surface area (Å²) in [5.74, 6) is -0.393. The highest BCUT2D eigenvalue weighted by atomic mass is 16.3. The molecule has 0 aliphatic heterocycles. The Labute approximate surface area is 126 Å². The van der Waals surface area contributed by atoms with Gasteiger partial charge < -0.3 is 5.11 Å². The molecular weight excluding hydrogens is 282 g/mol. The van der Waals surface area contributed by atoms with Crippen molar-refractivity contribution in [2.24, 2.45) is 15.3 Å². The average Bonchev–Trinajstić information content (AvgIpc) is 2.51. The van der Waals surface area contributed by atoms with E-state index in [2.05, 4.69) is 20.3 Å². The van der Waals surface area contributed by atoms with Crippen LogP contribution in [-0.2, 0) is 0 Å². The molecule has 1 N–H and O–H groups in total. The molecule has 7 heteroatoms. The number of phenolic OH excluding ortho intramolecular Hbond substituents is 1. The number of aromatic hydroxyl groups is 1. The van der Waals surface area contributed by atoms with Crippen LogP contribution in [0.4, 0.5) is 11.4 Å². The lowest BCUT2D eigenvalue weighted by Gasteiger charge is -2.03. The van der Waals surface area contributed by atoms with Crippen LogP contribution < -0.4 is 0 Å². The van der Waals surface area contributed by atoms with E-state index in [9.17, 15) is 9.90 Å². The van der Waals surface area contributed by atoms with Crippen LogP contribution in [0.3, 0.4) is 0 Å². The first-order valence-electron chi connectivity index (χ1n) is 6.42. The quantitative estimate of drug-likeness (QED) is 0.494. The van der Waals surface area contributed by atoms with Crippen molar-refractivity contribution in [2.75, 3.05) is 0 Å². The molecule has 110 valence electrons. The zero-order chi connectivity index (χ0) is 16.1. The van der Waals surface area contributed by atoms with Crippen molar-refractivity contribution in [1.82, 2.24) is 0 Å². The molecular formula is C15H13N5O2. The molecule has 0 bridgehead atoms. The molecule has 0 aliphatic carbocycles. The van der Waals surface area contributed by atoms with Crippen molar-refractivity contribution >= 4 is 17.3 Å². The number of azo groups is 1. The predicted octanol–water partition coefficient (Wildman–Crippen LogP) is 4.87. The molecule has 0 heterocycles. The topological polar surface area (TPSA) is 111 Å². The molecule has 0 aromatic heterocycles. The lowest BCUT2D eigenvalue weighted by Crippen LogP contribution is -1.91. The Morgan fingerprint density at radius 2 is 1.59 bits per heavy atom. The number of carbonyl (C=O) groups is 1. The Morgan fingerprint density at radius 3 is 2.14 bits per heavy atom. The van der Waals surface area contributed by atoms with Gasteiger partial charge in [0.2, 0.25) is 5.91 Å². The number of amides is 1. The average molecular weight is 295 g/mol. The molecule has 0 unspecified atom stereocenters. The normalized spacial score (nSPS) is 10.5. The highest BCUT2D eigenvalue weighted by Gasteiger charge is 2.04. The van der Waals surface area contributed by atoms with E-state index in [1.165, 1.54) is 12.1 Å². The number of aryl methyl sites for hydroxylation is 2. The van der Waals surface area contributed by atoms with E-state index in [-0.39, 0.29) is 11.3 Å². The molecule has 0 aliphatic rings. The van der Waals surface area contributed by atoms with Gasteiger partial charge in [-0.25, -0.2) is 0 Å². The minimum Gasteiger partial charge on any atom is -0.507 e. The largest absolute Gasteiger partial charge is 0.507 e. The van der Waals surface area contributed by atoms with E-state index in [1.807, 2.05) is 0 Å². The van der Waals surface area contributed by atoms with Crippen molar-refractivity contribution in [3.63, 3.8) is 0 Å². The van der Waals surface area contributed by atoms with Crippen molar-refractivity contribution in [3.8, 4) is 5.75 Å². The fourth-order valence-electron chi connectivity index (χ4n) is 1.88. The second-order valence-electron chi connectivity index (χ2n) is 4.67. The molecule has 2 aromatic rings. The van der Waals surface area contributed by atoms with Crippen LogP contribution in [-0.4, -0.2) is 11.0 Å². The maximum absolute atomic E-state index is 11.3. The summed E-state index contributed by atoms with van der Waals surface area (Å²) in [6, 6.07) is 9.68. The fraction of sp³-hybridized carbons (Fsp3) is 0.133. The Kier molecular flexibility index (Phi) is 4.50. The van der Waals surface area contributed by atoms with Crippen LogP contribution in [0.25, 0.3) is 10.4 Å². The standard InChI is InChI=1S/C15H13N5O2/c1-9-7-13(8-10(2)14(9)21)18-17-12-5-3-11(4-6-12)15(22)19-20-16/h3-8,21H,1-2H3. The summed E-state index contributed by atoms with van der Waals surface area (Å²) in [5, 5.41) is 20.9. The van der Waals surface area contributed by atoms with E-state index in [4.69, 9.17) is 5.53 Å². The molecule has 0 fully saturated rings. The lowest BCUT2D eigenvalue weighted by atomic mass is 10.1. The third-order valence-corrected chi connectivity index (χ3v) is 3.01. The second kappa shape index (κ2) is 6.51. The van der Waals surface area contributed by atoms with Gasteiger partial charge in [0.1, 0.15) is 5.75 Å². The maximum atomic E-state index is 11.3. The van der Waals surface area contributed by atoms with E-state index >= 15 is 0 Å². The van der Waals surface area contributed by atoms with Crippen molar-refractivity contribution in [3.05, 3.63) is 63.5 Å². The van der Waals surface area contributed by atoms with E-state index in [0.29, 0.717) is 11.4 Å². The molecule has 0 radical (unpaired) electrons. The molecule has 2 rings (SSSR count). The first kappa shape index (κ1) is 15.2. The summed E-state index contributed by atoms with van der Waals surface area (Å²) in [4.78, 5) is 13.8. The third-order valence-electron chi connectivity index (χ3n) is 3.01. The number of phenols is 1. The number of azide groups is 1. The van der Waals surface area contributed by atoms with Crippen molar-refractivity contribution < 1.29 is 9.90 Å². The van der Waals surface area contributed by atoms with Gasteiger partial charge in [0.05, 0.1) is 11.4 Å². The Morgan fingerprint density at radius 1 is 1.05 bits per heavy atom. The minimum absolute atomic E-state index is 0.250. The minimum atomic E-state index is -0.643. The van der Waals surface area contributed by atoms with Gasteiger partial charge in [0.25, 0.3) is 0 Å². The highest BCUT2D eigenvalue weighted by Crippen LogP contribution is 2.28. The number of hydrogen-bond acceptors (Lipinski definition) is 4. The molecule has 22 heavy (non-hydrogen) atoms. The van der Waals surface area contributed by atoms with Gasteiger partial charge in [-0.05, 0) is 72.0 Å². The molecule has 1 amide bonds. The summed E-state index contributed by atoms with van der Waals surface area (Å²) in [6.07, 6.45) is 0. The Balaban J connectivity index is 2.20. The fourth-order valence-corrected chi connectivity index (χ4v) is 1.88. The van der Waals surface area contributed by atoms with Crippen LogP contribution in [0.1, 0.15) is 21.5 Å². The Hall–Kier alpha value is -3.18. The summed E-state index contributed by atoms with van der Waals surface area (Å²) in [7, 11) is 0. The van der Waals surface area contributed by atoms with E-state index < -0.39 is 5.91 Å². The summed E-state index contributed by atoms with van der Waals surface area (Å²) >= 11 is 0. The van der Waals surface area contributed by atoms with Crippen molar-refractivity contribution in [2.45, 2.75) is 13.8 Å². The second-order valence-corrected chi connectivity index (χ2v) is 4.67. The van der Waals surface area contributed by atoms with Gasteiger partial charge >= 0.3 is 0 Å². The van der Waals surface area contributed by atoms with Crippen LogP contribution in [0, 0.1) is 13.8 Å². The van der Waals surface area contributed by atoms with Gasteiger partial charge in [0.15, 0.2) is 0 Å². The zero-order valence-electron chi connectivity index (χ0n) is 12.1. The van der Waals surface area contributed by atoms with Crippen LogP contribution >= 0.6 is 0 Å². The monoisotopic (exact) mass is 295 g/mol. The molecule has 2 aromatic carbocycles. The third kappa shape index (κ3) is 3.47. The zero-order valence-corrected chi connectivity index (χ0v) is 12.1. The predicted molar refractivity (Wildman–Crippen MR) is 81.7 cm³/mol. The van der Waals surface area contributed by atoms with Gasteiger partial charge in [0, 0.05) is 10.5 Å². The van der Waals surface area contributed by atoms with Gasteiger partial charge in [-0.3, -0.25) is 4.79 Å². The van der Waals surface area contributed by atoms with Gasteiger partial charge in [-0.2, -0.15) is 10.2 Å². The summed E-state index contributed by atoms with van der Waals surface area (Å²) in [6.45, 7) is 3.58. The number of benzene rings is 2. The number of nitrogens with zero attached hydrogens (tertiary/aromatic N) is 5. The van der Waals surface area contributed by atoms with Crippen molar-refractivity contribution in [1.29, 1.82) is 0 Å². The first-order chi connectivity index (χ1) is 10.5. The lowest BCUT2D eigenvalue weighted by molar-refractivity contribution is 0.100. The summed E-state index contributed by atoms with van der Waals surface area (Å²) in [5.41, 5.74) is 11.1. The van der Waals surface area contributed by atoms with Gasteiger partial charge in [-0.15, -0.1) is 0 Å². The van der Waals surface area contributed by atoms with Gasteiger partial charge in [-0.1, -0.05) is 0 Å². The smallest absolute Gasteiger partial charge is 0.249 e. The highest BCUT2D eigenvalue weighted by molar-refractivity contribution is 5.95. The molecule has 0 saturated carbocycles. The van der Waals surface area contributed by atoms with E-state index in [1.54, 1.807) is 38.1 Å².